The lowest BCUT2D eigenvalue weighted by molar-refractivity contribution is 0.394. The van der Waals surface area contributed by atoms with Crippen molar-refractivity contribution in [1.29, 1.82) is 0 Å². The van der Waals surface area contributed by atoms with Crippen molar-refractivity contribution in [2.75, 3.05) is 0 Å². The van der Waals surface area contributed by atoms with Crippen molar-refractivity contribution >= 4 is 0 Å². The summed E-state index contributed by atoms with van der Waals surface area (Å²) in [7, 11) is 0. The van der Waals surface area contributed by atoms with E-state index in [1.165, 1.54) is 122 Å². The summed E-state index contributed by atoms with van der Waals surface area (Å²) in [4.78, 5) is 0. The molecule has 0 saturated heterocycles. The quantitative estimate of drug-likeness (QED) is 0.151. The molecule has 0 heteroatoms. The van der Waals surface area contributed by atoms with E-state index in [-0.39, 0.29) is 0 Å². The molecular formula is C25H50. The van der Waals surface area contributed by atoms with Crippen LogP contribution in [-0.4, -0.2) is 0 Å². The molecule has 0 fully saturated rings. The molecular weight excluding hydrogens is 300 g/mol. The van der Waals surface area contributed by atoms with Gasteiger partial charge in [0, 0.05) is 0 Å². The Balaban J connectivity index is 3.35. The average molecular weight is 351 g/mol. The van der Waals surface area contributed by atoms with Gasteiger partial charge in [-0.1, -0.05) is 136 Å². The zero-order valence-corrected chi connectivity index (χ0v) is 18.2. The lowest BCUT2D eigenvalue weighted by Gasteiger charge is -2.14. The number of hydrogen-bond acceptors (Lipinski definition) is 0. The standard InChI is InChI=1S/C25H50/c1-4-7-9-11-13-15-17-19-21-23-25(6-3)24-22-20-18-16-14-12-10-8-5-2/h11,13,25H,4-10,12,14-24H2,1-3H3. The van der Waals surface area contributed by atoms with Gasteiger partial charge in [0.05, 0.1) is 0 Å². The van der Waals surface area contributed by atoms with Crippen molar-refractivity contribution in [3.63, 3.8) is 0 Å². The van der Waals surface area contributed by atoms with E-state index >= 15 is 0 Å². The minimum Gasteiger partial charge on any atom is -0.0885 e. The van der Waals surface area contributed by atoms with E-state index in [1.807, 2.05) is 0 Å². The monoisotopic (exact) mass is 350 g/mol. The van der Waals surface area contributed by atoms with Gasteiger partial charge < -0.3 is 0 Å². The Kier molecular flexibility index (Phi) is 21.6. The summed E-state index contributed by atoms with van der Waals surface area (Å²) in [6.45, 7) is 6.97. The van der Waals surface area contributed by atoms with Gasteiger partial charge >= 0.3 is 0 Å². The van der Waals surface area contributed by atoms with E-state index in [0.29, 0.717) is 0 Å². The molecule has 0 aliphatic rings. The van der Waals surface area contributed by atoms with Gasteiger partial charge in [-0.2, -0.15) is 0 Å². The fraction of sp³-hybridized carbons (Fsp3) is 0.920. The maximum absolute atomic E-state index is 2.41. The Bertz CT molecular complexity index is 253. The molecule has 0 aromatic rings. The van der Waals surface area contributed by atoms with Crippen LogP contribution in [0.5, 0.6) is 0 Å². The zero-order chi connectivity index (χ0) is 18.4. The molecule has 0 aliphatic carbocycles. The molecule has 0 rings (SSSR count). The lowest BCUT2D eigenvalue weighted by Crippen LogP contribution is -1.99. The molecule has 150 valence electrons. The molecule has 0 bridgehead atoms. The third-order valence-electron chi connectivity index (χ3n) is 5.67. The minimum absolute atomic E-state index is 1.00. The Morgan fingerprint density at radius 3 is 1.44 bits per heavy atom. The van der Waals surface area contributed by atoms with Gasteiger partial charge in [-0.05, 0) is 25.2 Å². The van der Waals surface area contributed by atoms with Gasteiger partial charge in [-0.3, -0.25) is 0 Å². The van der Waals surface area contributed by atoms with E-state index in [4.69, 9.17) is 0 Å². The maximum atomic E-state index is 2.41. The highest BCUT2D eigenvalue weighted by molar-refractivity contribution is 4.81. The molecule has 0 aromatic heterocycles. The first-order chi connectivity index (χ1) is 12.3. The van der Waals surface area contributed by atoms with E-state index in [9.17, 15) is 0 Å². The highest BCUT2D eigenvalue weighted by Gasteiger charge is 2.05. The van der Waals surface area contributed by atoms with Crippen molar-refractivity contribution < 1.29 is 0 Å². The first kappa shape index (κ1) is 24.7. The van der Waals surface area contributed by atoms with Crippen molar-refractivity contribution in [1.82, 2.24) is 0 Å². The minimum atomic E-state index is 1.00. The highest BCUT2D eigenvalue weighted by Crippen LogP contribution is 2.21. The summed E-state index contributed by atoms with van der Waals surface area (Å²) in [5.74, 6) is 1.00. The Morgan fingerprint density at radius 1 is 0.480 bits per heavy atom. The molecule has 0 nitrogen and oxygen atoms in total. The molecule has 25 heavy (non-hydrogen) atoms. The van der Waals surface area contributed by atoms with Crippen LogP contribution in [0.1, 0.15) is 143 Å². The van der Waals surface area contributed by atoms with Crippen LogP contribution >= 0.6 is 0 Å². The van der Waals surface area contributed by atoms with Gasteiger partial charge in [0.2, 0.25) is 0 Å². The van der Waals surface area contributed by atoms with Crippen LogP contribution in [0.25, 0.3) is 0 Å². The van der Waals surface area contributed by atoms with Gasteiger partial charge in [0.25, 0.3) is 0 Å². The molecule has 0 saturated carbocycles. The summed E-state index contributed by atoms with van der Waals surface area (Å²) in [5, 5.41) is 0. The largest absolute Gasteiger partial charge is 0.0885 e. The molecule has 0 spiro atoms. The van der Waals surface area contributed by atoms with Crippen LogP contribution < -0.4 is 0 Å². The molecule has 1 atom stereocenters. The topological polar surface area (TPSA) is 0 Å². The molecule has 0 N–H and O–H groups in total. The second kappa shape index (κ2) is 21.8. The molecule has 0 amide bonds. The molecule has 0 heterocycles. The van der Waals surface area contributed by atoms with E-state index in [2.05, 4.69) is 32.9 Å². The highest BCUT2D eigenvalue weighted by atomic mass is 14.1. The van der Waals surface area contributed by atoms with Crippen molar-refractivity contribution in [2.45, 2.75) is 143 Å². The predicted molar refractivity (Wildman–Crippen MR) is 117 cm³/mol. The van der Waals surface area contributed by atoms with Crippen molar-refractivity contribution in [2.24, 2.45) is 5.92 Å². The summed E-state index contributed by atoms with van der Waals surface area (Å²) >= 11 is 0. The van der Waals surface area contributed by atoms with Gasteiger partial charge in [0.1, 0.15) is 0 Å². The van der Waals surface area contributed by atoms with Crippen LogP contribution in [0.3, 0.4) is 0 Å². The number of allylic oxidation sites excluding steroid dienone is 2. The van der Waals surface area contributed by atoms with Crippen molar-refractivity contribution in [3.05, 3.63) is 12.2 Å². The van der Waals surface area contributed by atoms with Crippen LogP contribution in [0.15, 0.2) is 12.2 Å². The Morgan fingerprint density at radius 2 is 0.920 bits per heavy atom. The van der Waals surface area contributed by atoms with E-state index < -0.39 is 0 Å². The van der Waals surface area contributed by atoms with Crippen LogP contribution in [-0.2, 0) is 0 Å². The normalized spacial score (nSPS) is 12.9. The Hall–Kier alpha value is -0.260. The zero-order valence-electron chi connectivity index (χ0n) is 18.2. The lowest BCUT2D eigenvalue weighted by atomic mass is 9.92. The number of hydrogen-bond donors (Lipinski definition) is 0. The van der Waals surface area contributed by atoms with Gasteiger partial charge in [0.15, 0.2) is 0 Å². The van der Waals surface area contributed by atoms with Gasteiger partial charge in [-0.15, -0.1) is 0 Å². The number of rotatable bonds is 20. The second-order valence-corrected chi connectivity index (χ2v) is 8.14. The third-order valence-corrected chi connectivity index (χ3v) is 5.67. The fourth-order valence-corrected chi connectivity index (χ4v) is 3.73. The smallest absolute Gasteiger partial charge is 0.0351 e. The van der Waals surface area contributed by atoms with E-state index in [0.717, 1.165) is 5.92 Å². The first-order valence-corrected chi connectivity index (χ1v) is 12.0. The summed E-state index contributed by atoms with van der Waals surface area (Å²) in [6.07, 6.45) is 31.9. The first-order valence-electron chi connectivity index (χ1n) is 12.0. The fourth-order valence-electron chi connectivity index (χ4n) is 3.73. The van der Waals surface area contributed by atoms with E-state index in [1.54, 1.807) is 0 Å². The predicted octanol–water partition coefficient (Wildman–Crippen LogP) is 9.63. The Labute approximate surface area is 161 Å². The number of unbranched alkanes of at least 4 members (excludes halogenated alkanes) is 13. The third kappa shape index (κ3) is 19.9. The average Bonchev–Trinajstić information content (AvgIpc) is 2.63. The van der Waals surface area contributed by atoms with Crippen LogP contribution in [0.2, 0.25) is 0 Å². The molecule has 0 aliphatic heterocycles. The summed E-state index contributed by atoms with van der Waals surface area (Å²) in [5.41, 5.74) is 0. The molecule has 0 radical (unpaired) electrons. The molecule has 0 aromatic carbocycles. The summed E-state index contributed by atoms with van der Waals surface area (Å²) < 4.78 is 0. The second-order valence-electron chi connectivity index (χ2n) is 8.14. The molecule has 1 unspecified atom stereocenters. The summed E-state index contributed by atoms with van der Waals surface area (Å²) in [6, 6.07) is 0. The maximum Gasteiger partial charge on any atom is -0.0351 e. The van der Waals surface area contributed by atoms with Crippen LogP contribution in [0.4, 0.5) is 0 Å². The SMILES string of the molecule is CCCCC=CCCCCCC(CC)CCCCCCCCCCC. The van der Waals surface area contributed by atoms with Gasteiger partial charge in [-0.25, -0.2) is 0 Å². The van der Waals surface area contributed by atoms with Crippen LogP contribution in [0, 0.1) is 5.92 Å². The van der Waals surface area contributed by atoms with Crippen molar-refractivity contribution in [3.8, 4) is 0 Å².